The van der Waals surface area contributed by atoms with Crippen LogP contribution in [0, 0.1) is 29.3 Å². The van der Waals surface area contributed by atoms with Crippen molar-refractivity contribution in [1.29, 1.82) is 0 Å². The first-order valence-corrected chi connectivity index (χ1v) is 12.6. The summed E-state index contributed by atoms with van der Waals surface area (Å²) in [5.74, 6) is -7.08. The molecular weight excluding hydrogens is 546 g/mol. The van der Waals surface area contributed by atoms with Crippen molar-refractivity contribution < 1.29 is 40.7 Å². The minimum absolute atomic E-state index is 0.0542. The Labute approximate surface area is 226 Å². The van der Waals surface area contributed by atoms with Gasteiger partial charge in [-0.1, -0.05) is 13.8 Å². The highest BCUT2D eigenvalue weighted by Crippen LogP contribution is 2.29. The first kappa shape index (κ1) is 30.9. The molecule has 1 aliphatic rings. The minimum Gasteiger partial charge on any atom is -0.370 e. The lowest BCUT2D eigenvalue weighted by Gasteiger charge is -2.30. The van der Waals surface area contributed by atoms with E-state index < -0.39 is 65.6 Å². The van der Waals surface area contributed by atoms with Crippen molar-refractivity contribution in [2.45, 2.75) is 71.3 Å². The molecule has 220 valence electrons. The molecule has 2 atom stereocenters. The van der Waals surface area contributed by atoms with Gasteiger partial charge in [-0.05, 0) is 36.3 Å². The van der Waals surface area contributed by atoms with Crippen molar-refractivity contribution in [2.75, 3.05) is 6.54 Å². The molecule has 0 bridgehead atoms. The zero-order valence-corrected chi connectivity index (χ0v) is 21.9. The number of nitrogens with two attached hydrogens (primary N) is 1. The number of alkyl halides is 3. The van der Waals surface area contributed by atoms with E-state index in [0.717, 1.165) is 4.57 Å². The molecule has 2 heterocycles. The van der Waals surface area contributed by atoms with Gasteiger partial charge in [-0.25, -0.2) is 13.2 Å². The van der Waals surface area contributed by atoms with Crippen molar-refractivity contribution in [2.24, 2.45) is 17.6 Å². The molecule has 1 aromatic carbocycles. The lowest BCUT2D eigenvalue weighted by atomic mass is 9.90. The van der Waals surface area contributed by atoms with Gasteiger partial charge >= 0.3 is 6.18 Å². The van der Waals surface area contributed by atoms with Crippen LogP contribution in [-0.4, -0.2) is 50.0 Å². The number of carbonyl (C=O) groups excluding carboxylic acids is 3. The molecule has 0 radical (unpaired) electrons. The molecule has 0 aliphatic carbocycles. The Morgan fingerprint density at radius 1 is 1.00 bits per heavy atom. The van der Waals surface area contributed by atoms with Gasteiger partial charge in [0.2, 0.25) is 23.5 Å². The SMILES string of the molecule is CC(C)C[C@@H](CC(N)=O)CC(=O)N[C@@H](CC(=O)N1CCn2c(nnc2C(F)(F)F)C1)Cc1cc(F)c(F)cc1F. The maximum absolute atomic E-state index is 14.4. The van der Waals surface area contributed by atoms with Gasteiger partial charge in [0, 0.05) is 44.5 Å². The standard InChI is InChI=1S/C25H30F6N6O3/c1-13(2)5-14(6-20(32)38)7-22(39)33-16(8-15-9-18(27)19(28)11-17(15)26)10-23(40)36-3-4-37-21(12-36)34-35-24(37)25(29,30)31/h9,11,13-14,16H,3-8,10,12H2,1-2H3,(H2,32,38)(H,33,39)/t14-,16+/m0/s1. The molecular formula is C25H30F6N6O3. The fourth-order valence-electron chi connectivity index (χ4n) is 4.82. The van der Waals surface area contributed by atoms with E-state index in [1.807, 2.05) is 13.8 Å². The normalized spacial score (nSPS) is 15.1. The fourth-order valence-corrected chi connectivity index (χ4v) is 4.82. The van der Waals surface area contributed by atoms with Crippen LogP contribution in [0.2, 0.25) is 0 Å². The number of fused-ring (bicyclic) bond motifs is 1. The minimum atomic E-state index is -4.72. The highest BCUT2D eigenvalue weighted by atomic mass is 19.4. The first-order chi connectivity index (χ1) is 18.6. The van der Waals surface area contributed by atoms with Gasteiger partial charge in [0.15, 0.2) is 17.5 Å². The smallest absolute Gasteiger partial charge is 0.370 e. The Morgan fingerprint density at radius 3 is 2.30 bits per heavy atom. The topological polar surface area (TPSA) is 123 Å². The van der Waals surface area contributed by atoms with Crippen LogP contribution in [0.15, 0.2) is 12.1 Å². The summed E-state index contributed by atoms with van der Waals surface area (Å²) in [7, 11) is 0. The van der Waals surface area contributed by atoms with E-state index in [2.05, 4.69) is 15.5 Å². The molecule has 0 fully saturated rings. The van der Waals surface area contributed by atoms with E-state index in [9.17, 15) is 40.7 Å². The second kappa shape index (κ2) is 12.7. The zero-order valence-electron chi connectivity index (χ0n) is 21.9. The van der Waals surface area contributed by atoms with Gasteiger partial charge in [0.25, 0.3) is 0 Å². The highest BCUT2D eigenvalue weighted by Gasteiger charge is 2.40. The lowest BCUT2D eigenvalue weighted by molar-refractivity contribution is -0.148. The molecule has 0 unspecified atom stereocenters. The van der Waals surface area contributed by atoms with Crippen molar-refractivity contribution in [3.63, 3.8) is 0 Å². The van der Waals surface area contributed by atoms with Gasteiger partial charge in [0.1, 0.15) is 5.82 Å². The van der Waals surface area contributed by atoms with Crippen LogP contribution >= 0.6 is 0 Å². The molecule has 1 aromatic heterocycles. The largest absolute Gasteiger partial charge is 0.451 e. The molecule has 2 aromatic rings. The number of nitrogens with one attached hydrogen (secondary N) is 1. The number of hydrogen-bond acceptors (Lipinski definition) is 5. The van der Waals surface area contributed by atoms with Gasteiger partial charge in [-0.3, -0.25) is 14.4 Å². The molecule has 0 saturated heterocycles. The first-order valence-electron chi connectivity index (χ1n) is 12.6. The Balaban J connectivity index is 1.77. The summed E-state index contributed by atoms with van der Waals surface area (Å²) in [6.07, 6.45) is -5.20. The van der Waals surface area contributed by atoms with Gasteiger partial charge in [0.05, 0.1) is 6.54 Å². The van der Waals surface area contributed by atoms with E-state index in [1.54, 1.807) is 0 Å². The molecule has 3 amide bonds. The summed E-state index contributed by atoms with van der Waals surface area (Å²) in [5.41, 5.74) is 5.01. The number of nitrogens with zero attached hydrogens (tertiary/aromatic N) is 4. The van der Waals surface area contributed by atoms with Crippen LogP contribution in [-0.2, 0) is 40.1 Å². The van der Waals surface area contributed by atoms with Gasteiger partial charge in [-0.2, -0.15) is 13.2 Å². The van der Waals surface area contributed by atoms with Crippen molar-refractivity contribution in [3.8, 4) is 0 Å². The van der Waals surface area contributed by atoms with E-state index in [-0.39, 0.29) is 56.2 Å². The molecule has 0 saturated carbocycles. The monoisotopic (exact) mass is 576 g/mol. The van der Waals surface area contributed by atoms with Crippen LogP contribution in [0.3, 0.4) is 0 Å². The number of amides is 3. The average molecular weight is 577 g/mol. The second-order valence-corrected chi connectivity index (χ2v) is 10.3. The molecule has 3 rings (SSSR count). The van der Waals surface area contributed by atoms with Gasteiger partial charge in [-0.15, -0.1) is 10.2 Å². The third kappa shape index (κ3) is 8.18. The number of primary amides is 1. The van der Waals surface area contributed by atoms with Gasteiger partial charge < -0.3 is 20.5 Å². The van der Waals surface area contributed by atoms with Crippen molar-refractivity contribution in [1.82, 2.24) is 25.0 Å². The number of halogens is 6. The Bertz CT molecular complexity index is 1250. The quantitative estimate of drug-likeness (QED) is 0.315. The molecule has 40 heavy (non-hydrogen) atoms. The summed E-state index contributed by atoms with van der Waals surface area (Å²) in [4.78, 5) is 38.7. The van der Waals surface area contributed by atoms with E-state index in [1.165, 1.54) is 4.90 Å². The number of benzene rings is 1. The Hall–Kier alpha value is -3.65. The van der Waals surface area contributed by atoms with Crippen molar-refractivity contribution in [3.05, 3.63) is 46.8 Å². The lowest BCUT2D eigenvalue weighted by Crippen LogP contribution is -2.45. The Kier molecular flexibility index (Phi) is 9.79. The van der Waals surface area contributed by atoms with E-state index in [4.69, 9.17) is 5.73 Å². The van der Waals surface area contributed by atoms with Crippen LogP contribution < -0.4 is 11.1 Å². The fraction of sp³-hybridized carbons (Fsp3) is 0.560. The molecule has 9 nitrogen and oxygen atoms in total. The number of carbonyl (C=O) groups is 3. The van der Waals surface area contributed by atoms with Crippen LogP contribution in [0.4, 0.5) is 26.3 Å². The maximum Gasteiger partial charge on any atom is 0.451 e. The average Bonchev–Trinajstić information content (AvgIpc) is 3.25. The summed E-state index contributed by atoms with van der Waals surface area (Å²) < 4.78 is 81.9. The van der Waals surface area contributed by atoms with Crippen LogP contribution in [0.1, 0.15) is 56.7 Å². The molecule has 0 spiro atoms. The van der Waals surface area contributed by atoms with Crippen molar-refractivity contribution >= 4 is 17.7 Å². The Morgan fingerprint density at radius 2 is 1.68 bits per heavy atom. The summed E-state index contributed by atoms with van der Waals surface area (Å²) >= 11 is 0. The van der Waals surface area contributed by atoms with E-state index >= 15 is 0 Å². The predicted molar refractivity (Wildman–Crippen MR) is 128 cm³/mol. The molecule has 15 heteroatoms. The predicted octanol–water partition coefficient (Wildman–Crippen LogP) is 3.10. The van der Waals surface area contributed by atoms with E-state index in [0.29, 0.717) is 18.6 Å². The number of rotatable bonds is 11. The number of aromatic nitrogens is 3. The van der Waals surface area contributed by atoms with Crippen LogP contribution in [0.25, 0.3) is 0 Å². The summed E-state index contributed by atoms with van der Waals surface area (Å²) in [6, 6.07) is -0.101. The third-order valence-electron chi connectivity index (χ3n) is 6.47. The summed E-state index contributed by atoms with van der Waals surface area (Å²) in [5, 5.41) is 9.30. The molecule has 1 aliphatic heterocycles. The number of hydrogen-bond donors (Lipinski definition) is 2. The zero-order chi connectivity index (χ0) is 29.8. The second-order valence-electron chi connectivity index (χ2n) is 10.3. The highest BCUT2D eigenvalue weighted by molar-refractivity contribution is 5.81. The third-order valence-corrected chi connectivity index (χ3v) is 6.47. The summed E-state index contributed by atoms with van der Waals surface area (Å²) in [6.45, 7) is 3.19. The molecule has 3 N–H and O–H groups in total. The maximum atomic E-state index is 14.4. The van der Waals surface area contributed by atoms with Crippen LogP contribution in [0.5, 0.6) is 0 Å².